The third kappa shape index (κ3) is 2.42. The van der Waals surface area contributed by atoms with Crippen molar-refractivity contribution >= 4 is 28.2 Å². The van der Waals surface area contributed by atoms with Crippen molar-refractivity contribution in [2.75, 3.05) is 0 Å². The fourth-order valence-electron chi connectivity index (χ4n) is 1.76. The second-order valence-corrected chi connectivity index (χ2v) is 5.08. The summed E-state index contributed by atoms with van der Waals surface area (Å²) in [7, 11) is 0. The van der Waals surface area contributed by atoms with Crippen LogP contribution in [0.3, 0.4) is 0 Å². The molecule has 1 unspecified atom stereocenters. The highest BCUT2D eigenvalue weighted by atomic mass is 32.1. The van der Waals surface area contributed by atoms with Crippen LogP contribution in [0.4, 0.5) is 0 Å². The molecule has 2 aromatic heterocycles. The lowest BCUT2D eigenvalue weighted by atomic mass is 10.2. The van der Waals surface area contributed by atoms with Gasteiger partial charge in [-0.15, -0.1) is 11.3 Å². The lowest BCUT2D eigenvalue weighted by molar-refractivity contribution is -0.139. The number of rotatable bonds is 4. The summed E-state index contributed by atoms with van der Waals surface area (Å²) < 4.78 is 1.33. The molecule has 7 nitrogen and oxygen atoms in total. The average molecular weight is 295 g/mol. The minimum atomic E-state index is -1.14. The number of nitrogens with zero attached hydrogens (tertiary/aromatic N) is 2. The Bertz CT molecular complexity index is 734. The molecule has 2 N–H and O–H groups in total. The van der Waals surface area contributed by atoms with Gasteiger partial charge in [0.05, 0.1) is 0 Å². The van der Waals surface area contributed by atoms with Crippen molar-refractivity contribution in [3.05, 3.63) is 33.2 Å². The Morgan fingerprint density at radius 1 is 1.55 bits per heavy atom. The van der Waals surface area contributed by atoms with E-state index < -0.39 is 23.5 Å². The Balaban J connectivity index is 2.40. The van der Waals surface area contributed by atoms with E-state index in [9.17, 15) is 14.4 Å². The Morgan fingerprint density at radius 2 is 2.25 bits per heavy atom. The van der Waals surface area contributed by atoms with Gasteiger partial charge in [0, 0.05) is 17.3 Å². The minimum absolute atomic E-state index is 0.163. The molecule has 0 saturated carbocycles. The first-order valence-corrected chi connectivity index (χ1v) is 6.83. The van der Waals surface area contributed by atoms with Crippen LogP contribution < -0.4 is 10.9 Å². The van der Waals surface area contributed by atoms with Gasteiger partial charge in [-0.05, 0) is 13.3 Å². The summed E-state index contributed by atoms with van der Waals surface area (Å²) in [6.45, 7) is 3.37. The number of carbonyl (C=O) groups excluding carboxylic acids is 1. The molecule has 20 heavy (non-hydrogen) atoms. The van der Waals surface area contributed by atoms with Crippen molar-refractivity contribution in [2.45, 2.75) is 26.3 Å². The van der Waals surface area contributed by atoms with Crippen LogP contribution in [0.2, 0.25) is 0 Å². The molecule has 0 aromatic carbocycles. The summed E-state index contributed by atoms with van der Waals surface area (Å²) >= 11 is 1.30. The second kappa shape index (κ2) is 5.41. The van der Waals surface area contributed by atoms with Crippen molar-refractivity contribution in [2.24, 2.45) is 0 Å². The maximum Gasteiger partial charge on any atom is 0.326 e. The van der Waals surface area contributed by atoms with Gasteiger partial charge >= 0.3 is 5.97 Å². The molecule has 0 radical (unpaired) electrons. The van der Waals surface area contributed by atoms with Crippen LogP contribution in [0.1, 0.15) is 29.4 Å². The largest absolute Gasteiger partial charge is 0.480 e. The van der Waals surface area contributed by atoms with Gasteiger partial charge in [0.15, 0.2) is 4.96 Å². The van der Waals surface area contributed by atoms with Gasteiger partial charge in [0.25, 0.3) is 11.5 Å². The van der Waals surface area contributed by atoms with Crippen LogP contribution in [0.5, 0.6) is 0 Å². The molecule has 0 fully saturated rings. The molecule has 0 bridgehead atoms. The Kier molecular flexibility index (Phi) is 3.84. The highest BCUT2D eigenvalue weighted by Gasteiger charge is 2.21. The number of carboxylic acids is 1. The van der Waals surface area contributed by atoms with Gasteiger partial charge in [-0.2, -0.15) is 0 Å². The standard InChI is InChI=1S/C12H13N3O4S/c1-3-8(11(18)19)14-9(16)7-4-13-12-15(10(7)17)6(2)5-20-12/h4-5,8H,3H2,1-2H3,(H,14,16)(H,18,19). The molecular formula is C12H13N3O4S. The van der Waals surface area contributed by atoms with Crippen LogP contribution in [-0.2, 0) is 4.79 Å². The fourth-order valence-corrected chi connectivity index (χ4v) is 2.58. The van der Waals surface area contributed by atoms with Crippen LogP contribution in [-0.4, -0.2) is 32.4 Å². The third-order valence-electron chi connectivity index (χ3n) is 2.87. The number of hydrogen-bond donors (Lipinski definition) is 2. The quantitative estimate of drug-likeness (QED) is 0.863. The number of amides is 1. The molecular weight excluding hydrogens is 282 g/mol. The summed E-state index contributed by atoms with van der Waals surface area (Å²) in [5.41, 5.74) is 0.0256. The zero-order valence-electron chi connectivity index (χ0n) is 10.9. The number of fused-ring (bicyclic) bond motifs is 1. The van der Waals surface area contributed by atoms with Crippen molar-refractivity contribution in [3.8, 4) is 0 Å². The van der Waals surface area contributed by atoms with E-state index in [-0.39, 0.29) is 12.0 Å². The maximum absolute atomic E-state index is 12.2. The number of thiazole rings is 1. The summed E-state index contributed by atoms with van der Waals surface area (Å²) in [5, 5.41) is 13.0. The maximum atomic E-state index is 12.2. The number of carbonyl (C=O) groups is 2. The van der Waals surface area contributed by atoms with E-state index >= 15 is 0 Å². The molecule has 2 aromatic rings. The third-order valence-corrected chi connectivity index (χ3v) is 3.83. The van der Waals surface area contributed by atoms with Crippen molar-refractivity contribution in [1.82, 2.24) is 14.7 Å². The van der Waals surface area contributed by atoms with Crippen LogP contribution >= 0.6 is 11.3 Å². The predicted molar refractivity (Wildman–Crippen MR) is 73.3 cm³/mol. The van der Waals surface area contributed by atoms with E-state index in [4.69, 9.17) is 5.11 Å². The average Bonchev–Trinajstić information content (AvgIpc) is 2.78. The molecule has 106 valence electrons. The molecule has 1 atom stereocenters. The van der Waals surface area contributed by atoms with Crippen LogP contribution in [0.25, 0.3) is 4.96 Å². The monoisotopic (exact) mass is 295 g/mol. The first-order chi connectivity index (χ1) is 9.45. The zero-order valence-corrected chi connectivity index (χ0v) is 11.7. The highest BCUT2D eigenvalue weighted by Crippen LogP contribution is 2.11. The number of aryl methyl sites for hydroxylation is 1. The molecule has 2 rings (SSSR count). The smallest absolute Gasteiger partial charge is 0.326 e. The highest BCUT2D eigenvalue weighted by molar-refractivity contribution is 7.15. The van der Waals surface area contributed by atoms with Crippen molar-refractivity contribution in [1.29, 1.82) is 0 Å². The lowest BCUT2D eigenvalue weighted by Crippen LogP contribution is -2.42. The van der Waals surface area contributed by atoms with Crippen LogP contribution in [0, 0.1) is 6.92 Å². The van der Waals surface area contributed by atoms with Gasteiger partial charge in [0.2, 0.25) is 0 Å². The van der Waals surface area contributed by atoms with Gasteiger partial charge < -0.3 is 10.4 Å². The normalized spacial score (nSPS) is 12.3. The van der Waals surface area contributed by atoms with E-state index in [0.29, 0.717) is 10.7 Å². The summed E-state index contributed by atoms with van der Waals surface area (Å²) in [4.78, 5) is 39.6. The van der Waals surface area contributed by atoms with E-state index in [2.05, 4.69) is 10.3 Å². The molecule has 2 heterocycles. The predicted octanol–water partition coefficient (Wildman–Crippen LogP) is 0.657. The van der Waals surface area contributed by atoms with Gasteiger partial charge in [-0.25, -0.2) is 9.78 Å². The van der Waals surface area contributed by atoms with Crippen molar-refractivity contribution < 1.29 is 14.7 Å². The molecule has 1 amide bonds. The van der Waals surface area contributed by atoms with E-state index in [1.165, 1.54) is 21.9 Å². The van der Waals surface area contributed by atoms with Gasteiger partial charge in [-0.1, -0.05) is 6.92 Å². The summed E-state index contributed by atoms with van der Waals surface area (Å²) in [5.74, 6) is -1.86. The molecule has 0 aliphatic carbocycles. The van der Waals surface area contributed by atoms with E-state index in [1.54, 1.807) is 19.2 Å². The fraction of sp³-hybridized carbons (Fsp3) is 0.333. The molecule has 0 spiro atoms. The first kappa shape index (κ1) is 14.2. The number of aromatic nitrogens is 2. The Morgan fingerprint density at radius 3 is 2.85 bits per heavy atom. The number of nitrogens with one attached hydrogen (secondary N) is 1. The number of carboxylic acid groups (broad SMARTS) is 1. The molecule has 0 aliphatic heterocycles. The SMILES string of the molecule is CCC(NC(=O)c1cnc2scc(C)n2c1=O)C(=O)O. The van der Waals surface area contributed by atoms with Gasteiger partial charge in [0.1, 0.15) is 11.6 Å². The van der Waals surface area contributed by atoms with E-state index in [0.717, 1.165) is 0 Å². The minimum Gasteiger partial charge on any atom is -0.480 e. The summed E-state index contributed by atoms with van der Waals surface area (Å²) in [6, 6.07) is -1.02. The molecule has 8 heteroatoms. The zero-order chi connectivity index (χ0) is 14.9. The first-order valence-electron chi connectivity index (χ1n) is 5.95. The Hall–Kier alpha value is -2.22. The number of hydrogen-bond acceptors (Lipinski definition) is 5. The second-order valence-electron chi connectivity index (χ2n) is 4.24. The van der Waals surface area contributed by atoms with Crippen LogP contribution in [0.15, 0.2) is 16.4 Å². The molecule has 0 saturated heterocycles. The van der Waals surface area contributed by atoms with Gasteiger partial charge in [-0.3, -0.25) is 14.0 Å². The number of aliphatic carboxylic acids is 1. The Labute approximate surface area is 117 Å². The topological polar surface area (TPSA) is 101 Å². The van der Waals surface area contributed by atoms with E-state index in [1.807, 2.05) is 0 Å². The van der Waals surface area contributed by atoms with Crippen molar-refractivity contribution in [3.63, 3.8) is 0 Å². The summed E-state index contributed by atoms with van der Waals surface area (Å²) in [6.07, 6.45) is 1.41. The lowest BCUT2D eigenvalue weighted by Gasteiger charge is -2.11. The molecule has 0 aliphatic rings.